The summed E-state index contributed by atoms with van der Waals surface area (Å²) in [5.74, 6) is 2.78. The number of nitrogens with zero attached hydrogens (tertiary/aromatic N) is 2. The molecule has 1 fully saturated rings. The van der Waals surface area contributed by atoms with Gasteiger partial charge in [-0.15, -0.1) is 12.3 Å². The molecule has 1 aliphatic heterocycles. The number of rotatable bonds is 3. The van der Waals surface area contributed by atoms with E-state index in [2.05, 4.69) is 10.9 Å². The van der Waals surface area contributed by atoms with Crippen LogP contribution in [0.3, 0.4) is 0 Å². The zero-order chi connectivity index (χ0) is 13.1. The van der Waals surface area contributed by atoms with E-state index in [4.69, 9.17) is 16.9 Å². The van der Waals surface area contributed by atoms with E-state index >= 15 is 0 Å². The molecule has 0 amide bonds. The van der Waals surface area contributed by atoms with Gasteiger partial charge < -0.3 is 15.6 Å². The number of terminal acetylenes is 1. The molecule has 0 saturated carbocycles. The van der Waals surface area contributed by atoms with Gasteiger partial charge in [0.25, 0.3) is 0 Å². The molecule has 0 bridgehead atoms. The number of hydrogen-bond donors (Lipinski definition) is 2. The van der Waals surface area contributed by atoms with Gasteiger partial charge in [0.1, 0.15) is 12.0 Å². The van der Waals surface area contributed by atoms with Crippen LogP contribution in [0.4, 0.5) is 5.82 Å². The zero-order valence-electron chi connectivity index (χ0n) is 9.82. The maximum Gasteiger partial charge on any atom is 0.351 e. The van der Waals surface area contributed by atoms with E-state index in [-0.39, 0.29) is 24.4 Å². The molecular formula is C12H15N3O3. The Labute approximate surface area is 104 Å². The average Bonchev–Trinajstić information content (AvgIpc) is 2.72. The Morgan fingerprint density at radius 1 is 1.72 bits per heavy atom. The fourth-order valence-electron chi connectivity index (χ4n) is 2.16. The van der Waals surface area contributed by atoms with E-state index in [1.807, 2.05) is 0 Å². The lowest BCUT2D eigenvalue weighted by molar-refractivity contribution is -0.0321. The summed E-state index contributed by atoms with van der Waals surface area (Å²) < 4.78 is 6.99. The normalized spacial score (nSPS) is 27.0. The highest BCUT2D eigenvalue weighted by Crippen LogP contribution is 2.34. The number of aliphatic hydroxyl groups is 1. The minimum atomic E-state index is -0.460. The van der Waals surface area contributed by atoms with E-state index in [9.17, 15) is 9.90 Å². The van der Waals surface area contributed by atoms with Crippen molar-refractivity contribution in [3.63, 3.8) is 0 Å². The largest absolute Gasteiger partial charge is 0.394 e. The van der Waals surface area contributed by atoms with Crippen molar-refractivity contribution in [1.29, 1.82) is 0 Å². The van der Waals surface area contributed by atoms with Crippen LogP contribution >= 0.6 is 0 Å². The van der Waals surface area contributed by atoms with Crippen molar-refractivity contribution in [2.24, 2.45) is 5.92 Å². The smallest absolute Gasteiger partial charge is 0.351 e. The molecular weight excluding hydrogens is 234 g/mol. The molecule has 1 unspecified atom stereocenters. The molecule has 1 aromatic rings. The minimum Gasteiger partial charge on any atom is -0.394 e. The Balaban J connectivity index is 2.21. The fourth-order valence-corrected chi connectivity index (χ4v) is 2.16. The Bertz CT molecular complexity index is 520. The number of nitrogens with two attached hydrogens (primary N) is 1. The van der Waals surface area contributed by atoms with E-state index in [1.54, 1.807) is 6.20 Å². The third-order valence-corrected chi connectivity index (χ3v) is 3.08. The van der Waals surface area contributed by atoms with Crippen LogP contribution in [-0.2, 0) is 4.74 Å². The first-order valence-corrected chi connectivity index (χ1v) is 5.70. The van der Waals surface area contributed by atoms with Gasteiger partial charge in [0, 0.05) is 18.5 Å². The summed E-state index contributed by atoms with van der Waals surface area (Å²) in [7, 11) is 0. The summed E-state index contributed by atoms with van der Waals surface area (Å²) in [4.78, 5) is 15.3. The van der Waals surface area contributed by atoms with Gasteiger partial charge in [0.2, 0.25) is 0 Å². The monoisotopic (exact) mass is 249 g/mol. The number of aliphatic hydroxyl groups excluding tert-OH is 1. The molecule has 0 aromatic carbocycles. The molecule has 6 heteroatoms. The van der Waals surface area contributed by atoms with Crippen LogP contribution < -0.4 is 11.4 Å². The second kappa shape index (κ2) is 5.21. The molecule has 1 aliphatic rings. The van der Waals surface area contributed by atoms with Gasteiger partial charge in [0.05, 0.1) is 12.7 Å². The van der Waals surface area contributed by atoms with Crippen LogP contribution in [0.15, 0.2) is 17.1 Å². The second-order valence-corrected chi connectivity index (χ2v) is 4.26. The Morgan fingerprint density at radius 3 is 3.11 bits per heavy atom. The van der Waals surface area contributed by atoms with Crippen molar-refractivity contribution in [3.05, 3.63) is 22.7 Å². The predicted molar refractivity (Wildman–Crippen MR) is 65.5 cm³/mol. The lowest BCUT2D eigenvalue weighted by atomic mass is 9.98. The Morgan fingerprint density at radius 2 is 2.50 bits per heavy atom. The molecule has 2 rings (SSSR count). The Hall–Kier alpha value is -1.84. The molecule has 18 heavy (non-hydrogen) atoms. The average molecular weight is 249 g/mol. The van der Waals surface area contributed by atoms with E-state index in [0.717, 1.165) is 0 Å². The van der Waals surface area contributed by atoms with E-state index in [1.165, 1.54) is 10.6 Å². The lowest BCUT2D eigenvalue weighted by Crippen LogP contribution is -2.27. The van der Waals surface area contributed by atoms with Crippen LogP contribution in [0, 0.1) is 18.3 Å². The molecule has 3 atom stereocenters. The van der Waals surface area contributed by atoms with Crippen LogP contribution in [0.1, 0.15) is 19.1 Å². The highest BCUT2D eigenvalue weighted by Gasteiger charge is 2.35. The standard InChI is InChI=1S/C12H15N3O3/c1-2-3-8-6-11(18-9(8)7-16)15-5-4-10(13)14-12(15)17/h1,4-5,8-9,11,16H,3,6-7H2,(H2,13,14,17)/t8?,9-,11-/m1/s1. The van der Waals surface area contributed by atoms with Crippen molar-refractivity contribution in [3.8, 4) is 12.3 Å². The van der Waals surface area contributed by atoms with Crippen LogP contribution in [-0.4, -0.2) is 27.4 Å². The fraction of sp³-hybridized carbons (Fsp3) is 0.500. The summed E-state index contributed by atoms with van der Waals surface area (Å²) in [6.45, 7) is -0.111. The second-order valence-electron chi connectivity index (χ2n) is 4.26. The summed E-state index contributed by atoms with van der Waals surface area (Å²) >= 11 is 0. The Kier molecular flexibility index (Phi) is 3.65. The van der Waals surface area contributed by atoms with Crippen molar-refractivity contribution in [1.82, 2.24) is 9.55 Å². The van der Waals surface area contributed by atoms with Crippen molar-refractivity contribution >= 4 is 5.82 Å². The third kappa shape index (κ3) is 2.37. The first-order valence-electron chi connectivity index (χ1n) is 5.70. The van der Waals surface area contributed by atoms with Crippen LogP contribution in [0.2, 0.25) is 0 Å². The molecule has 0 aliphatic carbocycles. The summed E-state index contributed by atoms with van der Waals surface area (Å²) in [6, 6.07) is 1.53. The van der Waals surface area contributed by atoms with Gasteiger partial charge >= 0.3 is 5.69 Å². The predicted octanol–water partition coefficient (Wildman–Crippen LogP) is -0.255. The topological polar surface area (TPSA) is 90.4 Å². The molecule has 0 radical (unpaired) electrons. The number of anilines is 1. The van der Waals surface area contributed by atoms with Gasteiger partial charge in [-0.1, -0.05) is 0 Å². The number of ether oxygens (including phenoxy) is 1. The van der Waals surface area contributed by atoms with Crippen molar-refractivity contribution < 1.29 is 9.84 Å². The van der Waals surface area contributed by atoms with Crippen LogP contribution in [0.25, 0.3) is 0 Å². The van der Waals surface area contributed by atoms with Gasteiger partial charge in [0.15, 0.2) is 0 Å². The molecule has 1 aromatic heterocycles. The molecule has 96 valence electrons. The first kappa shape index (κ1) is 12.6. The SMILES string of the molecule is C#CCC1C[C@H](n2ccc(N)nc2=O)O[C@@H]1CO. The molecule has 1 saturated heterocycles. The molecule has 0 spiro atoms. The van der Waals surface area contributed by atoms with Gasteiger partial charge in [-0.25, -0.2) is 4.79 Å². The van der Waals surface area contributed by atoms with Gasteiger partial charge in [-0.3, -0.25) is 4.57 Å². The van der Waals surface area contributed by atoms with E-state index in [0.29, 0.717) is 12.8 Å². The van der Waals surface area contributed by atoms with Gasteiger partial charge in [-0.2, -0.15) is 4.98 Å². The highest BCUT2D eigenvalue weighted by molar-refractivity contribution is 5.23. The summed E-state index contributed by atoms with van der Waals surface area (Å²) in [5.41, 5.74) is 4.96. The van der Waals surface area contributed by atoms with Crippen molar-refractivity contribution in [2.45, 2.75) is 25.2 Å². The van der Waals surface area contributed by atoms with Crippen LogP contribution in [0.5, 0.6) is 0 Å². The third-order valence-electron chi connectivity index (χ3n) is 3.08. The first-order chi connectivity index (χ1) is 8.65. The lowest BCUT2D eigenvalue weighted by Gasteiger charge is -2.14. The van der Waals surface area contributed by atoms with Crippen molar-refractivity contribution in [2.75, 3.05) is 12.3 Å². The van der Waals surface area contributed by atoms with Gasteiger partial charge in [-0.05, 0) is 12.5 Å². The maximum atomic E-state index is 11.7. The summed E-state index contributed by atoms with van der Waals surface area (Å²) in [5, 5.41) is 9.22. The quantitative estimate of drug-likeness (QED) is 0.721. The highest BCUT2D eigenvalue weighted by atomic mass is 16.5. The molecule has 6 nitrogen and oxygen atoms in total. The summed E-state index contributed by atoms with van der Waals surface area (Å²) in [6.07, 6.45) is 7.13. The number of nitrogen functional groups attached to an aromatic ring is 1. The zero-order valence-corrected chi connectivity index (χ0v) is 9.82. The molecule has 3 N–H and O–H groups in total. The molecule has 2 heterocycles. The maximum absolute atomic E-state index is 11.7. The van der Waals surface area contributed by atoms with E-state index < -0.39 is 11.9 Å². The number of aromatic nitrogens is 2. The number of hydrogen-bond acceptors (Lipinski definition) is 5. The minimum absolute atomic E-state index is 0.0504.